The summed E-state index contributed by atoms with van der Waals surface area (Å²) in [4.78, 5) is 0. The summed E-state index contributed by atoms with van der Waals surface area (Å²) in [5.41, 5.74) is 1.11. The average Bonchev–Trinajstić information content (AvgIpc) is 2.93. The molecule has 1 saturated carbocycles. The van der Waals surface area contributed by atoms with Gasteiger partial charge in [0.25, 0.3) is 0 Å². The molecule has 6 N–H and O–H groups in total. The third kappa shape index (κ3) is 6.06. The highest BCUT2D eigenvalue weighted by Crippen LogP contribution is 2.29. The zero-order valence-electron chi connectivity index (χ0n) is 19.3. The van der Waals surface area contributed by atoms with Gasteiger partial charge in [-0.3, -0.25) is 0 Å². The summed E-state index contributed by atoms with van der Waals surface area (Å²) in [7, 11) is -4.60. The van der Waals surface area contributed by atoms with Crippen LogP contribution in [-0.4, -0.2) is 88.4 Å². The van der Waals surface area contributed by atoms with E-state index in [1.807, 2.05) is 0 Å². The lowest BCUT2D eigenvalue weighted by Crippen LogP contribution is -2.69. The van der Waals surface area contributed by atoms with E-state index in [1.165, 1.54) is 0 Å². The van der Waals surface area contributed by atoms with Crippen molar-refractivity contribution in [3.63, 3.8) is 0 Å². The first-order chi connectivity index (χ1) is 17.4. The topological polar surface area (TPSA) is 149 Å². The van der Waals surface area contributed by atoms with Gasteiger partial charge in [0, 0.05) is 0 Å². The molecule has 12 heteroatoms. The van der Waals surface area contributed by atoms with Crippen molar-refractivity contribution in [2.24, 2.45) is 0 Å². The van der Waals surface area contributed by atoms with Gasteiger partial charge in [-0.05, 0) is 16.4 Å². The summed E-state index contributed by atoms with van der Waals surface area (Å²) >= 11 is 0. The zero-order valence-corrected chi connectivity index (χ0v) is 19.3. The van der Waals surface area contributed by atoms with Gasteiger partial charge in [-0.1, -0.05) is 91.0 Å². The Morgan fingerprint density at radius 1 is 0.417 bits per heavy atom. The molecule has 0 amide bonds. The van der Waals surface area contributed by atoms with Crippen LogP contribution in [0.3, 0.4) is 0 Å². The molecule has 2 unspecified atom stereocenters. The molecule has 9 nitrogen and oxygen atoms in total. The highest BCUT2D eigenvalue weighted by atomic mass is 16.6. The Bertz CT molecular complexity index is 1000. The van der Waals surface area contributed by atoms with Crippen molar-refractivity contribution in [1.29, 1.82) is 0 Å². The van der Waals surface area contributed by atoms with Crippen LogP contribution in [0.2, 0.25) is 0 Å². The van der Waals surface area contributed by atoms with Crippen LogP contribution >= 0.6 is 0 Å². The molecule has 186 valence electrons. The summed E-state index contributed by atoms with van der Waals surface area (Å²) < 4.78 is 17.2. The fourth-order valence-corrected chi connectivity index (χ4v) is 4.17. The molecule has 3 aromatic rings. The lowest BCUT2D eigenvalue weighted by molar-refractivity contribution is -0.211. The molecule has 6 atom stereocenters. The minimum atomic E-state index is -1.76. The third-order valence-corrected chi connectivity index (χ3v) is 6.13. The second kappa shape index (κ2) is 12.2. The Hall–Kier alpha value is -2.51. The van der Waals surface area contributed by atoms with E-state index >= 15 is 0 Å². The smallest absolute Gasteiger partial charge is 0.423 e. The second-order valence-electron chi connectivity index (χ2n) is 8.56. The fraction of sp³-hybridized carbons (Fsp3) is 0.250. The Morgan fingerprint density at radius 3 is 1.00 bits per heavy atom. The van der Waals surface area contributed by atoms with Crippen LogP contribution in [0.15, 0.2) is 91.0 Å². The minimum absolute atomic E-state index is 0.370. The van der Waals surface area contributed by atoms with E-state index in [2.05, 4.69) is 0 Å². The largest absolute Gasteiger partial charge is 0.491 e. The van der Waals surface area contributed by atoms with Crippen molar-refractivity contribution in [3.05, 3.63) is 91.0 Å². The highest BCUT2D eigenvalue weighted by molar-refractivity contribution is 6.61. The van der Waals surface area contributed by atoms with E-state index < -0.39 is 58.0 Å². The van der Waals surface area contributed by atoms with Crippen LogP contribution in [0.5, 0.6) is 0 Å². The first-order valence-electron chi connectivity index (χ1n) is 11.6. The summed E-state index contributed by atoms with van der Waals surface area (Å²) in [6.07, 6.45) is -9.57. The molecule has 3 aromatic carbocycles. The zero-order chi connectivity index (χ0) is 25.7. The molecule has 1 aliphatic carbocycles. The van der Waals surface area contributed by atoms with Crippen molar-refractivity contribution < 1.29 is 44.4 Å². The van der Waals surface area contributed by atoms with Crippen LogP contribution < -0.4 is 16.4 Å². The molecule has 0 heterocycles. The normalized spacial score (nSPS) is 25.8. The van der Waals surface area contributed by atoms with Crippen molar-refractivity contribution in [2.75, 3.05) is 0 Å². The predicted octanol–water partition coefficient (Wildman–Crippen LogP) is -2.60. The van der Waals surface area contributed by atoms with Gasteiger partial charge >= 0.3 is 21.4 Å². The standard InChI is InChI=1S/C24H27B3O9/c28-19-20(29)22(34-25(31)16-10-4-1-5-11-16)24(36-27(33)18-14-8-3-9-15-18)23(21(19)30)35-26(32)17-12-6-2-7-13-17/h1-15,19-24,28-33H/t19?,20-,21-,22-,23+,24?/m0/s1. The summed E-state index contributed by atoms with van der Waals surface area (Å²) in [5.74, 6) is 0. The van der Waals surface area contributed by atoms with E-state index in [4.69, 9.17) is 14.0 Å². The van der Waals surface area contributed by atoms with Gasteiger partial charge in [-0.2, -0.15) is 0 Å². The lowest BCUT2D eigenvalue weighted by Gasteiger charge is -2.47. The average molecular weight is 492 g/mol. The quantitative estimate of drug-likeness (QED) is 0.177. The maximum atomic E-state index is 10.8. The van der Waals surface area contributed by atoms with Gasteiger partial charge in [-0.15, -0.1) is 0 Å². The van der Waals surface area contributed by atoms with Gasteiger partial charge in [-0.25, -0.2) is 0 Å². The monoisotopic (exact) mass is 492 g/mol. The molecule has 4 rings (SSSR count). The van der Waals surface area contributed by atoms with Crippen LogP contribution in [0.1, 0.15) is 0 Å². The fourth-order valence-electron chi connectivity index (χ4n) is 4.17. The first kappa shape index (κ1) is 26.6. The summed E-state index contributed by atoms with van der Waals surface area (Å²) in [6, 6.07) is 25.0. The predicted molar refractivity (Wildman–Crippen MR) is 135 cm³/mol. The van der Waals surface area contributed by atoms with Crippen molar-refractivity contribution >= 4 is 37.7 Å². The van der Waals surface area contributed by atoms with Gasteiger partial charge in [0.15, 0.2) is 0 Å². The minimum Gasteiger partial charge on any atom is -0.423 e. The SMILES string of the molecule is OB(OC1[C@@H](OB(O)c2ccccc2)[C@@H](O)C(O)[C@H](O)[C@H]1OB(O)c1ccccc1)c1ccccc1. The van der Waals surface area contributed by atoms with Crippen LogP contribution in [0, 0.1) is 0 Å². The van der Waals surface area contributed by atoms with Gasteiger partial charge < -0.3 is 44.4 Å². The third-order valence-electron chi connectivity index (χ3n) is 6.13. The number of hydrogen-bond acceptors (Lipinski definition) is 9. The molecular formula is C24H27B3O9. The number of benzene rings is 3. The molecule has 0 spiro atoms. The number of hydrogen-bond donors (Lipinski definition) is 6. The van der Waals surface area contributed by atoms with Crippen LogP contribution in [-0.2, 0) is 14.0 Å². The maximum Gasteiger partial charge on any atom is 0.491 e. The Morgan fingerprint density at radius 2 is 0.694 bits per heavy atom. The Kier molecular flexibility index (Phi) is 8.97. The number of aliphatic hydroxyl groups excluding tert-OH is 3. The van der Waals surface area contributed by atoms with Gasteiger partial charge in [0.2, 0.25) is 0 Å². The lowest BCUT2D eigenvalue weighted by atomic mass is 9.74. The molecule has 0 aromatic heterocycles. The number of aliphatic hydroxyl groups is 3. The molecule has 1 aliphatic rings. The first-order valence-corrected chi connectivity index (χ1v) is 11.6. The molecule has 0 radical (unpaired) electrons. The molecule has 0 saturated heterocycles. The molecule has 1 fully saturated rings. The van der Waals surface area contributed by atoms with Gasteiger partial charge in [0.1, 0.15) is 18.3 Å². The van der Waals surface area contributed by atoms with E-state index in [-0.39, 0.29) is 0 Å². The van der Waals surface area contributed by atoms with E-state index in [0.717, 1.165) is 0 Å². The van der Waals surface area contributed by atoms with Crippen LogP contribution in [0.25, 0.3) is 0 Å². The summed E-state index contributed by atoms with van der Waals surface area (Å²) in [6.45, 7) is 0. The maximum absolute atomic E-state index is 10.8. The number of rotatable bonds is 9. The van der Waals surface area contributed by atoms with E-state index in [0.29, 0.717) is 16.4 Å². The van der Waals surface area contributed by atoms with Crippen molar-refractivity contribution in [2.45, 2.75) is 36.6 Å². The Labute approximate surface area is 210 Å². The van der Waals surface area contributed by atoms with Crippen molar-refractivity contribution in [3.8, 4) is 0 Å². The van der Waals surface area contributed by atoms with Crippen molar-refractivity contribution in [1.82, 2.24) is 0 Å². The summed E-state index contributed by atoms with van der Waals surface area (Å²) in [5, 5.41) is 64.3. The molecule has 36 heavy (non-hydrogen) atoms. The molecule has 0 aliphatic heterocycles. The molecular weight excluding hydrogens is 465 g/mol. The van der Waals surface area contributed by atoms with E-state index in [9.17, 15) is 30.4 Å². The highest BCUT2D eigenvalue weighted by Gasteiger charge is 2.54. The molecule has 0 bridgehead atoms. The Balaban J connectivity index is 1.65. The van der Waals surface area contributed by atoms with E-state index in [1.54, 1.807) is 91.0 Å². The van der Waals surface area contributed by atoms with Crippen LogP contribution in [0.4, 0.5) is 0 Å². The van der Waals surface area contributed by atoms with Gasteiger partial charge in [0.05, 0.1) is 18.3 Å². The second-order valence-corrected chi connectivity index (χ2v) is 8.56.